The van der Waals surface area contributed by atoms with Gasteiger partial charge in [0, 0.05) is 59.1 Å². The van der Waals surface area contributed by atoms with Gasteiger partial charge in [0.15, 0.2) is 0 Å². The summed E-state index contributed by atoms with van der Waals surface area (Å²) in [5, 5.41) is 21.4. The summed E-state index contributed by atoms with van der Waals surface area (Å²) in [5.74, 6) is -3.95. The van der Waals surface area contributed by atoms with Gasteiger partial charge in [0.25, 0.3) is 5.69 Å². The first kappa shape index (κ1) is 25.6. The van der Waals surface area contributed by atoms with Gasteiger partial charge in [-0.05, 0) is 48.4 Å². The lowest BCUT2D eigenvalue weighted by atomic mass is 9.76. The van der Waals surface area contributed by atoms with E-state index in [1.807, 2.05) is 30.5 Å². The predicted octanol–water partition coefficient (Wildman–Crippen LogP) is 3.20. The second-order valence-electron chi connectivity index (χ2n) is 10.8. The molecule has 4 atom stereocenters. The molecule has 0 radical (unpaired) electrons. The molecule has 0 unspecified atom stereocenters. The van der Waals surface area contributed by atoms with Crippen molar-refractivity contribution in [1.82, 2.24) is 10.3 Å². The first-order valence-electron chi connectivity index (χ1n) is 13.4. The molecule has 210 valence electrons. The number of nitro benzene ring substituents is 1. The number of aromatic nitrogens is 1. The summed E-state index contributed by atoms with van der Waals surface area (Å²) in [4.78, 5) is 69.1. The molecule has 4 aromatic rings. The van der Waals surface area contributed by atoms with Crippen molar-refractivity contribution in [3.63, 3.8) is 0 Å². The van der Waals surface area contributed by atoms with Crippen molar-refractivity contribution in [3.8, 4) is 0 Å². The van der Waals surface area contributed by atoms with Crippen LogP contribution in [0, 0.1) is 22.0 Å². The molecular formula is C30H24N6O6. The minimum Gasteiger partial charge on any atom is -0.361 e. The van der Waals surface area contributed by atoms with E-state index in [1.54, 1.807) is 24.3 Å². The topological polar surface area (TPSA) is 167 Å². The maximum absolute atomic E-state index is 14.2. The van der Waals surface area contributed by atoms with Gasteiger partial charge < -0.3 is 15.6 Å². The Bertz CT molecular complexity index is 1850. The number of aromatic amines is 1. The van der Waals surface area contributed by atoms with Crippen LogP contribution in [0.2, 0.25) is 0 Å². The number of nitrogens with one attached hydrogen (secondary N) is 4. The normalized spacial score (nSPS) is 24.3. The minimum absolute atomic E-state index is 0.231. The summed E-state index contributed by atoms with van der Waals surface area (Å²) in [5.41, 5.74) is 1.29. The standard InChI is InChI=1S/C30H24N6O6/c1-15(37)32-17-6-8-18(9-7-17)35-27(38)25-24(12-16-14-31-22-5-3-2-4-20(16)22)34-30(26(25)28(35)39)21-13-19(36(41)42)10-11-23(21)33-29(30)40/h2-11,13-14,24-26,31,34H,12H2,1H3,(H,32,37)(H,33,40)/t24-,25+,26-,30+/m0/s1. The maximum Gasteiger partial charge on any atom is 0.269 e. The molecule has 7 rings (SSSR count). The van der Waals surface area contributed by atoms with Gasteiger partial charge in [0.05, 0.1) is 22.4 Å². The number of fused-ring (bicyclic) bond motifs is 5. The Kier molecular flexibility index (Phi) is 5.53. The SMILES string of the molecule is CC(=O)Nc1ccc(N2C(=O)[C@@H]3[C@H](Cc4c[nH]c5ccccc45)N[C@@]4(C(=O)Nc5ccc([N+](=O)[O-])cc54)[C@@H]3C2=O)cc1. The number of H-pyrrole nitrogens is 1. The number of amides is 4. The number of rotatable bonds is 5. The van der Waals surface area contributed by atoms with Crippen LogP contribution in [0.15, 0.2) is 72.9 Å². The molecule has 2 fully saturated rings. The highest BCUT2D eigenvalue weighted by atomic mass is 16.6. The van der Waals surface area contributed by atoms with Crippen molar-refractivity contribution < 1.29 is 24.1 Å². The number of non-ortho nitro benzene ring substituents is 1. The lowest BCUT2D eigenvalue weighted by Crippen LogP contribution is -2.53. The molecule has 4 N–H and O–H groups in total. The highest BCUT2D eigenvalue weighted by molar-refractivity contribution is 6.26. The monoisotopic (exact) mass is 564 g/mol. The lowest BCUT2D eigenvalue weighted by Gasteiger charge is -2.29. The predicted molar refractivity (Wildman–Crippen MR) is 153 cm³/mol. The number of hydrogen-bond acceptors (Lipinski definition) is 7. The Morgan fingerprint density at radius 1 is 1.05 bits per heavy atom. The molecule has 1 aromatic heterocycles. The van der Waals surface area contributed by atoms with Gasteiger partial charge in [-0.15, -0.1) is 0 Å². The summed E-state index contributed by atoms with van der Waals surface area (Å²) < 4.78 is 0. The number of para-hydroxylation sites is 1. The number of nitro groups is 1. The van der Waals surface area contributed by atoms with Crippen LogP contribution >= 0.6 is 0 Å². The number of imide groups is 1. The summed E-state index contributed by atoms with van der Waals surface area (Å²) in [6.45, 7) is 1.37. The van der Waals surface area contributed by atoms with Crippen molar-refractivity contribution >= 4 is 57.3 Å². The molecule has 2 saturated heterocycles. The molecule has 1 spiro atoms. The molecule has 4 heterocycles. The van der Waals surface area contributed by atoms with Crippen LogP contribution in [0.3, 0.4) is 0 Å². The van der Waals surface area contributed by atoms with Gasteiger partial charge >= 0.3 is 0 Å². The van der Waals surface area contributed by atoms with Crippen molar-refractivity contribution in [3.05, 3.63) is 94.2 Å². The summed E-state index contributed by atoms with van der Waals surface area (Å²) in [7, 11) is 0. The number of carbonyl (C=O) groups excluding carboxylic acids is 4. The van der Waals surface area contributed by atoms with E-state index in [0.29, 0.717) is 23.5 Å². The van der Waals surface area contributed by atoms with E-state index in [4.69, 9.17) is 0 Å². The molecule has 42 heavy (non-hydrogen) atoms. The molecule has 0 bridgehead atoms. The van der Waals surface area contributed by atoms with E-state index in [2.05, 4.69) is 20.9 Å². The van der Waals surface area contributed by atoms with Gasteiger partial charge in [0.2, 0.25) is 23.6 Å². The second kappa shape index (κ2) is 9.08. The third-order valence-electron chi connectivity index (χ3n) is 8.47. The molecular weight excluding hydrogens is 540 g/mol. The largest absolute Gasteiger partial charge is 0.361 e. The van der Waals surface area contributed by atoms with Crippen molar-refractivity contribution in [2.24, 2.45) is 11.8 Å². The third-order valence-corrected chi connectivity index (χ3v) is 8.47. The van der Waals surface area contributed by atoms with Crippen LogP contribution in [-0.4, -0.2) is 39.6 Å². The average Bonchev–Trinajstić information content (AvgIpc) is 3.67. The Balaban J connectivity index is 1.35. The summed E-state index contributed by atoms with van der Waals surface area (Å²) in [6.07, 6.45) is 2.17. The van der Waals surface area contributed by atoms with Gasteiger partial charge in [-0.25, -0.2) is 4.90 Å². The highest BCUT2D eigenvalue weighted by Crippen LogP contribution is 2.54. The third kappa shape index (κ3) is 3.58. The Labute approximate surface area is 238 Å². The Hall–Kier alpha value is -5.36. The molecule has 0 aliphatic carbocycles. The first-order chi connectivity index (χ1) is 20.2. The summed E-state index contributed by atoms with van der Waals surface area (Å²) >= 11 is 0. The van der Waals surface area contributed by atoms with Crippen molar-refractivity contribution in [2.45, 2.75) is 24.9 Å². The molecule has 12 heteroatoms. The van der Waals surface area contributed by atoms with Crippen LogP contribution < -0.4 is 20.9 Å². The van der Waals surface area contributed by atoms with E-state index in [0.717, 1.165) is 21.4 Å². The van der Waals surface area contributed by atoms with Crippen molar-refractivity contribution in [1.29, 1.82) is 0 Å². The fourth-order valence-corrected chi connectivity index (χ4v) is 6.77. The van der Waals surface area contributed by atoms with Crippen LogP contribution in [0.25, 0.3) is 10.9 Å². The number of benzene rings is 3. The van der Waals surface area contributed by atoms with Crippen LogP contribution in [0.5, 0.6) is 0 Å². The number of carbonyl (C=O) groups is 4. The molecule has 3 aliphatic heterocycles. The molecule has 12 nitrogen and oxygen atoms in total. The lowest BCUT2D eigenvalue weighted by molar-refractivity contribution is -0.384. The van der Waals surface area contributed by atoms with Gasteiger partial charge in [-0.1, -0.05) is 18.2 Å². The van der Waals surface area contributed by atoms with Crippen LogP contribution in [0.1, 0.15) is 18.1 Å². The Morgan fingerprint density at radius 3 is 2.55 bits per heavy atom. The van der Waals surface area contributed by atoms with E-state index in [9.17, 15) is 29.3 Å². The minimum atomic E-state index is -1.69. The molecule has 4 amide bonds. The number of hydrogen-bond donors (Lipinski definition) is 4. The van der Waals surface area contributed by atoms with E-state index < -0.39 is 46.1 Å². The summed E-state index contributed by atoms with van der Waals surface area (Å²) in [6, 6.07) is 17.4. The smallest absolute Gasteiger partial charge is 0.269 e. The van der Waals surface area contributed by atoms with Crippen LogP contribution in [-0.2, 0) is 31.1 Å². The number of nitrogens with zero attached hydrogens (tertiary/aromatic N) is 2. The Morgan fingerprint density at radius 2 is 1.81 bits per heavy atom. The highest BCUT2D eigenvalue weighted by Gasteiger charge is 2.70. The van der Waals surface area contributed by atoms with E-state index in [-0.39, 0.29) is 17.2 Å². The zero-order valence-corrected chi connectivity index (χ0v) is 22.2. The fraction of sp³-hybridized carbons (Fsp3) is 0.200. The maximum atomic E-state index is 14.2. The molecule has 3 aromatic carbocycles. The van der Waals surface area contributed by atoms with Gasteiger partial charge in [0.1, 0.15) is 5.54 Å². The fourth-order valence-electron chi connectivity index (χ4n) is 6.77. The van der Waals surface area contributed by atoms with Crippen molar-refractivity contribution in [2.75, 3.05) is 15.5 Å². The van der Waals surface area contributed by atoms with Gasteiger partial charge in [-0.2, -0.15) is 0 Å². The number of anilines is 3. The van der Waals surface area contributed by atoms with Crippen LogP contribution in [0.4, 0.5) is 22.7 Å². The average molecular weight is 565 g/mol. The van der Waals surface area contributed by atoms with E-state index >= 15 is 0 Å². The van der Waals surface area contributed by atoms with Gasteiger partial charge in [-0.3, -0.25) is 34.6 Å². The van der Waals surface area contributed by atoms with E-state index in [1.165, 1.54) is 25.1 Å². The zero-order chi connectivity index (χ0) is 29.3. The second-order valence-corrected chi connectivity index (χ2v) is 10.8. The quantitative estimate of drug-likeness (QED) is 0.164. The molecule has 3 aliphatic rings. The first-order valence-corrected chi connectivity index (χ1v) is 13.4. The molecule has 0 saturated carbocycles. The zero-order valence-electron chi connectivity index (χ0n) is 22.2.